The van der Waals surface area contributed by atoms with Crippen molar-refractivity contribution in [2.24, 2.45) is 0 Å². The second kappa shape index (κ2) is 8.18. The van der Waals surface area contributed by atoms with Gasteiger partial charge in [0.25, 0.3) is 5.91 Å². The van der Waals surface area contributed by atoms with Crippen molar-refractivity contribution >= 4 is 17.5 Å². The largest absolute Gasteiger partial charge is 0.416 e. The molecule has 0 spiro atoms. The van der Waals surface area contributed by atoms with Crippen molar-refractivity contribution in [3.05, 3.63) is 70.9 Å². The lowest BCUT2D eigenvalue weighted by Crippen LogP contribution is -2.48. The van der Waals surface area contributed by atoms with Crippen LogP contribution in [0.1, 0.15) is 41.7 Å². The third-order valence-electron chi connectivity index (χ3n) is 6.41. The smallest absolute Gasteiger partial charge is 0.393 e. The predicted octanol–water partition coefficient (Wildman–Crippen LogP) is 5.34. The van der Waals surface area contributed by atoms with Gasteiger partial charge in [-0.1, -0.05) is 29.8 Å². The summed E-state index contributed by atoms with van der Waals surface area (Å²) >= 11 is 6.14. The van der Waals surface area contributed by atoms with Gasteiger partial charge in [-0.3, -0.25) is 4.79 Å². The molecule has 1 amide bonds. The monoisotopic (exact) mass is 475 g/mol. The third-order valence-corrected chi connectivity index (χ3v) is 6.64. The fourth-order valence-corrected chi connectivity index (χ4v) is 5.15. The van der Waals surface area contributed by atoms with E-state index >= 15 is 0 Å². The maximum absolute atomic E-state index is 13.5. The maximum atomic E-state index is 13.5. The van der Waals surface area contributed by atoms with Crippen LogP contribution in [0.5, 0.6) is 0 Å². The SMILES string of the molecule is O=C(c1cc(-c2cccc(C(F)(F)F)c2)n(-c2cccc(Cl)c2)n1)N1C2CC[C@@H]1CC(O)C2. The van der Waals surface area contributed by atoms with E-state index in [2.05, 4.69) is 5.10 Å². The van der Waals surface area contributed by atoms with Crippen LogP contribution in [0.4, 0.5) is 13.2 Å². The summed E-state index contributed by atoms with van der Waals surface area (Å²) in [4.78, 5) is 15.2. The van der Waals surface area contributed by atoms with Crippen LogP contribution in [-0.4, -0.2) is 43.9 Å². The van der Waals surface area contributed by atoms with Crippen molar-refractivity contribution in [2.45, 2.75) is 50.0 Å². The number of benzene rings is 2. The Bertz CT molecular complexity index is 1200. The minimum absolute atomic E-state index is 0.0559. The molecule has 0 radical (unpaired) electrons. The molecule has 1 N–H and O–H groups in total. The number of alkyl halides is 3. The Labute approximate surface area is 193 Å². The molecule has 2 aliphatic rings. The standard InChI is InChI=1S/C24H21ClF3N3O2/c25-16-5-2-6-19(10-16)31-22(14-3-1-4-15(9-14)24(26,27)28)13-21(29-31)23(33)30-17-7-8-18(30)12-20(32)11-17/h1-6,9-10,13,17-18,20,32H,7-8,11-12H2/t17-,18?,20?/m1/s1. The fourth-order valence-electron chi connectivity index (χ4n) is 4.96. The molecule has 0 saturated carbocycles. The van der Waals surface area contributed by atoms with Gasteiger partial charge in [-0.25, -0.2) is 4.68 Å². The van der Waals surface area contributed by atoms with Crippen molar-refractivity contribution in [3.63, 3.8) is 0 Å². The molecular formula is C24H21ClF3N3O2. The molecule has 2 aliphatic heterocycles. The third kappa shape index (κ3) is 4.13. The molecule has 3 atom stereocenters. The second-order valence-electron chi connectivity index (χ2n) is 8.61. The molecule has 2 bridgehead atoms. The molecule has 3 aromatic rings. The van der Waals surface area contributed by atoms with E-state index in [9.17, 15) is 23.1 Å². The molecule has 2 aromatic carbocycles. The van der Waals surface area contributed by atoms with E-state index < -0.39 is 17.8 Å². The Morgan fingerprint density at radius 1 is 1.03 bits per heavy atom. The van der Waals surface area contributed by atoms with E-state index in [4.69, 9.17) is 11.6 Å². The first-order valence-electron chi connectivity index (χ1n) is 10.7. The van der Waals surface area contributed by atoms with Gasteiger partial charge >= 0.3 is 6.18 Å². The minimum atomic E-state index is -4.50. The predicted molar refractivity (Wildman–Crippen MR) is 117 cm³/mol. The van der Waals surface area contributed by atoms with E-state index in [0.717, 1.165) is 25.0 Å². The average Bonchev–Trinajstić information content (AvgIpc) is 3.33. The number of hydrogen-bond donors (Lipinski definition) is 1. The van der Waals surface area contributed by atoms with Gasteiger partial charge in [0.1, 0.15) is 0 Å². The number of rotatable bonds is 3. The highest BCUT2D eigenvalue weighted by Crippen LogP contribution is 2.38. The van der Waals surface area contributed by atoms with Gasteiger partial charge in [0, 0.05) is 22.7 Å². The molecule has 3 heterocycles. The molecule has 1 aromatic heterocycles. The molecule has 5 nitrogen and oxygen atoms in total. The molecule has 5 rings (SSSR count). The van der Waals surface area contributed by atoms with Crippen LogP contribution < -0.4 is 0 Å². The topological polar surface area (TPSA) is 58.4 Å². The zero-order valence-corrected chi connectivity index (χ0v) is 18.2. The van der Waals surface area contributed by atoms with Crippen molar-refractivity contribution in [2.75, 3.05) is 0 Å². The number of piperidine rings is 1. The first kappa shape index (κ1) is 22.0. The highest BCUT2D eigenvalue weighted by atomic mass is 35.5. The van der Waals surface area contributed by atoms with Crippen LogP contribution in [0.25, 0.3) is 16.9 Å². The molecule has 2 unspecified atom stereocenters. The molecule has 2 fully saturated rings. The Kier molecular flexibility index (Phi) is 5.45. The quantitative estimate of drug-likeness (QED) is 0.556. The number of carbonyl (C=O) groups is 1. The van der Waals surface area contributed by atoms with Gasteiger partial charge < -0.3 is 10.0 Å². The number of aliphatic hydroxyl groups excluding tert-OH is 1. The molecular weight excluding hydrogens is 455 g/mol. The Morgan fingerprint density at radius 2 is 1.73 bits per heavy atom. The number of halogens is 4. The summed E-state index contributed by atoms with van der Waals surface area (Å²) in [5, 5.41) is 15.0. The highest BCUT2D eigenvalue weighted by molar-refractivity contribution is 6.30. The van der Waals surface area contributed by atoms with Crippen LogP contribution in [0.3, 0.4) is 0 Å². The van der Waals surface area contributed by atoms with Gasteiger partial charge in [-0.05, 0) is 62.1 Å². The average molecular weight is 476 g/mol. The Balaban J connectivity index is 1.60. The molecule has 172 valence electrons. The summed E-state index contributed by atoms with van der Waals surface area (Å²) < 4.78 is 41.5. The van der Waals surface area contributed by atoms with Crippen LogP contribution in [0, 0.1) is 0 Å². The first-order chi connectivity index (χ1) is 15.7. The summed E-state index contributed by atoms with van der Waals surface area (Å²) in [7, 11) is 0. The zero-order chi connectivity index (χ0) is 23.3. The number of fused-ring (bicyclic) bond motifs is 2. The number of carbonyl (C=O) groups excluding carboxylic acids is 1. The lowest BCUT2D eigenvalue weighted by atomic mass is 9.99. The van der Waals surface area contributed by atoms with Crippen LogP contribution in [0.15, 0.2) is 54.6 Å². The molecule has 9 heteroatoms. The summed E-state index contributed by atoms with van der Waals surface area (Å²) in [5.74, 6) is -0.275. The number of amides is 1. The minimum Gasteiger partial charge on any atom is -0.393 e. The zero-order valence-electron chi connectivity index (χ0n) is 17.5. The van der Waals surface area contributed by atoms with Crippen molar-refractivity contribution in [3.8, 4) is 16.9 Å². The number of hydrogen-bond acceptors (Lipinski definition) is 3. The summed E-state index contributed by atoms with van der Waals surface area (Å²) in [6.07, 6.45) is -2.22. The fraction of sp³-hybridized carbons (Fsp3) is 0.333. The number of aromatic nitrogens is 2. The van der Waals surface area contributed by atoms with E-state index in [-0.39, 0.29) is 29.2 Å². The van der Waals surface area contributed by atoms with Gasteiger partial charge in [0.2, 0.25) is 0 Å². The van der Waals surface area contributed by atoms with Crippen molar-refractivity contribution in [1.29, 1.82) is 0 Å². The lowest BCUT2D eigenvalue weighted by Gasteiger charge is -2.36. The lowest BCUT2D eigenvalue weighted by molar-refractivity contribution is -0.137. The van der Waals surface area contributed by atoms with Gasteiger partial charge in [0.05, 0.1) is 23.0 Å². The number of nitrogens with zero attached hydrogens (tertiary/aromatic N) is 3. The van der Waals surface area contributed by atoms with E-state index in [1.165, 1.54) is 16.8 Å². The summed E-state index contributed by atoms with van der Waals surface area (Å²) in [5.41, 5.74) is 0.543. The van der Waals surface area contributed by atoms with Gasteiger partial charge in [0.15, 0.2) is 5.69 Å². The van der Waals surface area contributed by atoms with E-state index in [0.29, 0.717) is 29.2 Å². The molecule has 33 heavy (non-hydrogen) atoms. The van der Waals surface area contributed by atoms with Crippen molar-refractivity contribution < 1.29 is 23.1 Å². The van der Waals surface area contributed by atoms with Gasteiger partial charge in [-0.15, -0.1) is 0 Å². The first-order valence-corrected chi connectivity index (χ1v) is 11.1. The normalized spacial score (nSPS) is 22.6. The maximum Gasteiger partial charge on any atom is 0.416 e. The summed E-state index contributed by atoms with van der Waals surface area (Å²) in [6, 6.07) is 13.1. The van der Waals surface area contributed by atoms with Crippen LogP contribution >= 0.6 is 11.6 Å². The molecule has 2 saturated heterocycles. The Morgan fingerprint density at radius 3 is 2.39 bits per heavy atom. The van der Waals surface area contributed by atoms with E-state index in [1.54, 1.807) is 35.2 Å². The second-order valence-corrected chi connectivity index (χ2v) is 9.04. The van der Waals surface area contributed by atoms with Crippen LogP contribution in [0.2, 0.25) is 5.02 Å². The number of aliphatic hydroxyl groups is 1. The highest BCUT2D eigenvalue weighted by Gasteiger charge is 2.43. The van der Waals surface area contributed by atoms with Gasteiger partial charge in [-0.2, -0.15) is 18.3 Å². The van der Waals surface area contributed by atoms with E-state index in [1.807, 2.05) is 0 Å². The molecule has 0 aliphatic carbocycles. The van der Waals surface area contributed by atoms with Crippen LogP contribution in [-0.2, 0) is 6.18 Å². The Hall–Kier alpha value is -2.84. The van der Waals surface area contributed by atoms with Crippen molar-refractivity contribution in [1.82, 2.24) is 14.7 Å². The summed E-state index contributed by atoms with van der Waals surface area (Å²) in [6.45, 7) is 0.